The molecular formula is C62H48O4P2. The molecule has 0 aromatic heterocycles. The summed E-state index contributed by atoms with van der Waals surface area (Å²) in [4.78, 5) is 0. The molecule has 0 fully saturated rings. The van der Waals surface area contributed by atoms with E-state index in [0.717, 1.165) is 44.5 Å². The second kappa shape index (κ2) is 19.2. The van der Waals surface area contributed by atoms with Gasteiger partial charge < -0.3 is 18.6 Å². The molecule has 0 N–H and O–H groups in total. The van der Waals surface area contributed by atoms with Crippen LogP contribution in [0.3, 0.4) is 0 Å². The maximum atomic E-state index is 17.1. The van der Waals surface area contributed by atoms with E-state index in [2.05, 4.69) is 48.5 Å². The van der Waals surface area contributed by atoms with E-state index in [-0.39, 0.29) is 0 Å². The van der Waals surface area contributed by atoms with Crippen LogP contribution in [0.5, 0.6) is 11.5 Å². The fourth-order valence-corrected chi connectivity index (χ4v) is 14.9. The molecule has 0 radical (unpaired) electrons. The van der Waals surface area contributed by atoms with Gasteiger partial charge in [0.05, 0.1) is 14.2 Å². The molecule has 0 bridgehead atoms. The van der Waals surface area contributed by atoms with Crippen LogP contribution in [0, 0.1) is 0 Å². The lowest BCUT2D eigenvalue weighted by atomic mass is 10.0. The third kappa shape index (κ3) is 8.24. The molecule has 10 rings (SSSR count). The Balaban J connectivity index is 1.23. The molecule has 0 heterocycles. The van der Waals surface area contributed by atoms with Gasteiger partial charge in [-0.15, -0.1) is 0 Å². The van der Waals surface area contributed by atoms with Crippen molar-refractivity contribution in [1.82, 2.24) is 0 Å². The highest BCUT2D eigenvalue weighted by atomic mass is 31.2. The second-order valence-electron chi connectivity index (χ2n) is 16.6. The van der Waals surface area contributed by atoms with Gasteiger partial charge in [0.1, 0.15) is 11.5 Å². The fraction of sp³-hybridized carbons (Fsp3) is 0.0323. The Morgan fingerprint density at radius 3 is 0.691 bits per heavy atom. The molecule has 0 saturated heterocycles. The van der Waals surface area contributed by atoms with Gasteiger partial charge in [-0.3, -0.25) is 0 Å². The summed E-state index contributed by atoms with van der Waals surface area (Å²) in [5.41, 5.74) is 9.38. The molecule has 0 saturated carbocycles. The van der Waals surface area contributed by atoms with Crippen LogP contribution < -0.4 is 41.3 Å². The molecule has 0 aliphatic heterocycles. The minimum absolute atomic E-state index is 0.473. The predicted octanol–water partition coefficient (Wildman–Crippen LogP) is 13.3. The molecule has 0 aliphatic rings. The van der Waals surface area contributed by atoms with Crippen LogP contribution in [-0.2, 0) is 9.13 Å². The Morgan fingerprint density at radius 1 is 0.250 bits per heavy atom. The summed E-state index contributed by atoms with van der Waals surface area (Å²) in [6.07, 6.45) is 0. The van der Waals surface area contributed by atoms with Gasteiger partial charge in [0.25, 0.3) is 0 Å². The molecule has 0 unspecified atom stereocenters. The Hall–Kier alpha value is -7.74. The number of rotatable bonds is 13. The molecule has 0 spiro atoms. The van der Waals surface area contributed by atoms with Gasteiger partial charge in [-0.1, -0.05) is 231 Å². The van der Waals surface area contributed by atoms with Crippen molar-refractivity contribution in [1.29, 1.82) is 0 Å². The average molecular weight is 919 g/mol. The molecule has 10 aromatic carbocycles. The summed E-state index contributed by atoms with van der Waals surface area (Å²) >= 11 is 0. The van der Waals surface area contributed by atoms with Crippen molar-refractivity contribution in [3.8, 4) is 67.1 Å². The van der Waals surface area contributed by atoms with Crippen LogP contribution in [-0.4, -0.2) is 14.2 Å². The van der Waals surface area contributed by atoms with Crippen molar-refractivity contribution in [3.05, 3.63) is 255 Å². The molecule has 6 heteroatoms. The first kappa shape index (κ1) is 44.1. The zero-order chi connectivity index (χ0) is 46.5. The molecule has 0 aliphatic carbocycles. The summed E-state index contributed by atoms with van der Waals surface area (Å²) in [6, 6.07) is 84.3. The highest BCUT2D eigenvalue weighted by Crippen LogP contribution is 2.53. The van der Waals surface area contributed by atoms with E-state index >= 15 is 9.13 Å². The minimum atomic E-state index is -3.80. The van der Waals surface area contributed by atoms with Crippen LogP contribution in [0.4, 0.5) is 0 Å². The van der Waals surface area contributed by atoms with Gasteiger partial charge in [-0.25, -0.2) is 0 Å². The Morgan fingerprint density at radius 2 is 0.471 bits per heavy atom. The fourth-order valence-electron chi connectivity index (χ4n) is 9.24. The zero-order valence-electron chi connectivity index (χ0n) is 37.8. The molecule has 68 heavy (non-hydrogen) atoms. The molecule has 10 aromatic rings. The van der Waals surface area contributed by atoms with Crippen molar-refractivity contribution < 1.29 is 18.6 Å². The van der Waals surface area contributed by atoms with E-state index in [1.54, 1.807) is 14.2 Å². The van der Waals surface area contributed by atoms with Crippen LogP contribution in [0.15, 0.2) is 255 Å². The molecule has 330 valence electrons. The Labute approximate surface area is 398 Å². The van der Waals surface area contributed by atoms with Gasteiger partial charge in [0.2, 0.25) is 0 Å². The van der Waals surface area contributed by atoms with Gasteiger partial charge in [0, 0.05) is 43.0 Å². The minimum Gasteiger partial charge on any atom is -0.496 e. The quantitative estimate of drug-likeness (QED) is 0.108. The number of hydrogen-bond acceptors (Lipinski definition) is 4. The van der Waals surface area contributed by atoms with E-state index < -0.39 is 14.3 Å². The van der Waals surface area contributed by atoms with Gasteiger partial charge in [-0.05, 0) is 68.8 Å². The summed E-state index contributed by atoms with van der Waals surface area (Å²) in [6.45, 7) is 0. The van der Waals surface area contributed by atoms with Crippen molar-refractivity contribution in [2.24, 2.45) is 0 Å². The summed E-state index contributed by atoms with van der Waals surface area (Å²) in [7, 11) is -4.35. The summed E-state index contributed by atoms with van der Waals surface area (Å²) < 4.78 is 46.7. The normalized spacial score (nSPS) is 11.5. The third-order valence-corrected chi connectivity index (χ3v) is 18.9. The van der Waals surface area contributed by atoms with Crippen molar-refractivity contribution in [3.63, 3.8) is 0 Å². The number of ether oxygens (including phenoxy) is 2. The zero-order valence-corrected chi connectivity index (χ0v) is 39.6. The maximum Gasteiger partial charge on any atom is 0.171 e. The summed E-state index contributed by atoms with van der Waals surface area (Å²) in [5, 5.41) is 3.65. The first-order valence-corrected chi connectivity index (χ1v) is 26.0. The average Bonchev–Trinajstić information content (AvgIpc) is 3.43. The van der Waals surface area contributed by atoms with Gasteiger partial charge >= 0.3 is 0 Å². The van der Waals surface area contributed by atoms with Crippen LogP contribution in [0.1, 0.15) is 0 Å². The predicted molar refractivity (Wildman–Crippen MR) is 286 cm³/mol. The highest BCUT2D eigenvalue weighted by molar-refractivity contribution is 7.86. The standard InChI is InChI=1S/C62H48O4P2/c1-65-57-25-15-27-59(67(63,53-37-29-49(30-38-53)45-17-7-3-8-18-45)54-39-31-50(32-40-54)46-19-9-4-10-20-46)61(57)62-58(66-2)26-16-28-60(62)68(64,55-41-33-51(34-42-55)47-21-11-5-12-22-47)56-43-35-52(36-44-56)48-23-13-6-14-24-48/h3-44H,1-2H3. The van der Waals surface area contributed by atoms with Crippen molar-refractivity contribution in [2.75, 3.05) is 14.2 Å². The molecular weight excluding hydrogens is 871 g/mol. The Bertz CT molecular complexity index is 3010. The van der Waals surface area contributed by atoms with E-state index in [9.17, 15) is 0 Å². The lowest BCUT2D eigenvalue weighted by Crippen LogP contribution is -2.30. The third-order valence-electron chi connectivity index (χ3n) is 12.7. The van der Waals surface area contributed by atoms with E-state index in [1.165, 1.54) is 0 Å². The first-order valence-electron chi connectivity index (χ1n) is 22.6. The van der Waals surface area contributed by atoms with Crippen LogP contribution >= 0.6 is 14.3 Å². The van der Waals surface area contributed by atoms with Crippen LogP contribution in [0.2, 0.25) is 0 Å². The molecule has 0 amide bonds. The smallest absolute Gasteiger partial charge is 0.171 e. The summed E-state index contributed by atoms with van der Waals surface area (Å²) in [5.74, 6) is 0.946. The van der Waals surface area contributed by atoms with Gasteiger partial charge in [0.15, 0.2) is 14.3 Å². The molecule has 0 atom stereocenters. The number of hydrogen-bond donors (Lipinski definition) is 0. The van der Waals surface area contributed by atoms with E-state index in [0.29, 0.717) is 54.5 Å². The topological polar surface area (TPSA) is 52.6 Å². The molecule has 4 nitrogen and oxygen atoms in total. The lowest BCUT2D eigenvalue weighted by molar-refractivity contribution is 0.411. The van der Waals surface area contributed by atoms with E-state index in [1.807, 2.05) is 206 Å². The highest BCUT2D eigenvalue weighted by Gasteiger charge is 2.39. The van der Waals surface area contributed by atoms with Crippen molar-refractivity contribution in [2.45, 2.75) is 0 Å². The second-order valence-corrected chi connectivity index (χ2v) is 22.0. The number of methoxy groups -OCH3 is 2. The maximum absolute atomic E-state index is 17.1. The van der Waals surface area contributed by atoms with E-state index in [4.69, 9.17) is 9.47 Å². The Kier molecular flexibility index (Phi) is 12.5. The van der Waals surface area contributed by atoms with Crippen molar-refractivity contribution >= 4 is 46.1 Å². The largest absolute Gasteiger partial charge is 0.496 e. The monoisotopic (exact) mass is 918 g/mol. The van der Waals surface area contributed by atoms with Crippen LogP contribution in [0.25, 0.3) is 55.6 Å². The lowest BCUT2D eigenvalue weighted by Gasteiger charge is -2.29. The SMILES string of the molecule is COc1cccc(P(=O)(c2ccc(-c3ccccc3)cc2)c2ccc(-c3ccccc3)cc2)c1-c1c(OC)cccc1P(=O)(c1ccc(-c2ccccc2)cc1)c1ccc(-c2ccccc2)cc1. The number of benzene rings is 10. The first-order chi connectivity index (χ1) is 33.4. The van der Waals surface area contributed by atoms with Gasteiger partial charge in [-0.2, -0.15) is 0 Å².